The first kappa shape index (κ1) is 15.4. The molecule has 1 heterocycles. The quantitative estimate of drug-likeness (QED) is 0.914. The molecule has 2 aromatic rings. The molecule has 2 rings (SSSR count). The highest BCUT2D eigenvalue weighted by Crippen LogP contribution is 2.21. The number of nitrogens with one attached hydrogen (secondary N) is 1. The van der Waals surface area contributed by atoms with Crippen molar-refractivity contribution in [1.82, 2.24) is 15.3 Å². The standard InChI is InChI=1S/C17H23N3O/c1-5-21-15-8-6-7-13(11-15)16-18-10-9-14(20-16)12-19-17(2,3)4/h6-11,19H,5,12H2,1-4H3. The molecule has 1 aromatic carbocycles. The Kier molecular flexibility index (Phi) is 4.91. The molecular weight excluding hydrogens is 262 g/mol. The fourth-order valence-electron chi connectivity index (χ4n) is 1.88. The summed E-state index contributed by atoms with van der Waals surface area (Å²) in [6.45, 7) is 9.77. The Morgan fingerprint density at radius 3 is 2.71 bits per heavy atom. The summed E-state index contributed by atoms with van der Waals surface area (Å²) < 4.78 is 5.52. The van der Waals surface area contributed by atoms with Gasteiger partial charge in [-0.1, -0.05) is 12.1 Å². The van der Waals surface area contributed by atoms with Gasteiger partial charge >= 0.3 is 0 Å². The molecule has 1 aromatic heterocycles. The molecule has 0 radical (unpaired) electrons. The van der Waals surface area contributed by atoms with Crippen molar-refractivity contribution in [2.24, 2.45) is 0 Å². The number of benzene rings is 1. The van der Waals surface area contributed by atoms with E-state index in [2.05, 4.69) is 36.1 Å². The summed E-state index contributed by atoms with van der Waals surface area (Å²) in [5.74, 6) is 1.57. The number of nitrogens with zero attached hydrogens (tertiary/aromatic N) is 2. The van der Waals surface area contributed by atoms with Crippen LogP contribution in [0.4, 0.5) is 0 Å². The molecule has 0 aliphatic rings. The second-order valence-electron chi connectivity index (χ2n) is 5.94. The first-order valence-corrected chi connectivity index (χ1v) is 7.28. The van der Waals surface area contributed by atoms with E-state index in [1.165, 1.54) is 0 Å². The Hall–Kier alpha value is -1.94. The summed E-state index contributed by atoms with van der Waals surface area (Å²) >= 11 is 0. The maximum atomic E-state index is 5.52. The van der Waals surface area contributed by atoms with Crippen molar-refractivity contribution in [1.29, 1.82) is 0 Å². The Morgan fingerprint density at radius 1 is 1.19 bits per heavy atom. The summed E-state index contributed by atoms with van der Waals surface area (Å²) in [5, 5.41) is 3.43. The van der Waals surface area contributed by atoms with E-state index < -0.39 is 0 Å². The number of rotatable bonds is 5. The first-order chi connectivity index (χ1) is 9.98. The van der Waals surface area contributed by atoms with Crippen molar-refractivity contribution < 1.29 is 4.74 Å². The molecule has 0 saturated carbocycles. The highest BCUT2D eigenvalue weighted by molar-refractivity contribution is 5.57. The lowest BCUT2D eigenvalue weighted by Crippen LogP contribution is -2.35. The SMILES string of the molecule is CCOc1cccc(-c2nccc(CNC(C)(C)C)n2)c1. The van der Waals surface area contributed by atoms with E-state index in [-0.39, 0.29) is 5.54 Å². The minimum Gasteiger partial charge on any atom is -0.494 e. The van der Waals surface area contributed by atoms with Crippen molar-refractivity contribution in [3.05, 3.63) is 42.2 Å². The molecule has 21 heavy (non-hydrogen) atoms. The molecule has 112 valence electrons. The molecule has 0 atom stereocenters. The average molecular weight is 285 g/mol. The monoisotopic (exact) mass is 285 g/mol. The summed E-state index contributed by atoms with van der Waals surface area (Å²) in [6, 6.07) is 9.81. The molecule has 0 bridgehead atoms. The molecule has 0 amide bonds. The van der Waals surface area contributed by atoms with E-state index >= 15 is 0 Å². The molecule has 4 heteroatoms. The van der Waals surface area contributed by atoms with Gasteiger partial charge in [-0.25, -0.2) is 9.97 Å². The summed E-state index contributed by atoms with van der Waals surface area (Å²) in [5.41, 5.74) is 2.02. The summed E-state index contributed by atoms with van der Waals surface area (Å²) in [7, 11) is 0. The third kappa shape index (κ3) is 4.83. The summed E-state index contributed by atoms with van der Waals surface area (Å²) in [4.78, 5) is 8.98. The van der Waals surface area contributed by atoms with Gasteiger partial charge in [0, 0.05) is 23.8 Å². The van der Waals surface area contributed by atoms with Crippen molar-refractivity contribution in [2.75, 3.05) is 6.61 Å². The number of aromatic nitrogens is 2. The maximum absolute atomic E-state index is 5.52. The van der Waals surface area contributed by atoms with Gasteiger partial charge in [0.2, 0.25) is 0 Å². The Labute approximate surface area is 126 Å². The van der Waals surface area contributed by atoms with Crippen LogP contribution < -0.4 is 10.1 Å². The number of hydrogen-bond donors (Lipinski definition) is 1. The van der Waals surface area contributed by atoms with Gasteiger partial charge in [0.15, 0.2) is 5.82 Å². The van der Waals surface area contributed by atoms with Gasteiger partial charge in [-0.2, -0.15) is 0 Å². The van der Waals surface area contributed by atoms with Crippen LogP contribution in [0, 0.1) is 0 Å². The molecular formula is C17H23N3O. The molecule has 0 fully saturated rings. The molecule has 0 aliphatic heterocycles. The second kappa shape index (κ2) is 6.68. The summed E-state index contributed by atoms with van der Waals surface area (Å²) in [6.07, 6.45) is 1.80. The van der Waals surface area contributed by atoms with Crippen molar-refractivity contribution in [2.45, 2.75) is 39.8 Å². The fourth-order valence-corrected chi connectivity index (χ4v) is 1.88. The van der Waals surface area contributed by atoms with Crippen molar-refractivity contribution in [3.8, 4) is 17.1 Å². The van der Waals surface area contributed by atoms with Crippen LogP contribution in [-0.4, -0.2) is 22.1 Å². The van der Waals surface area contributed by atoms with Gasteiger partial charge in [-0.3, -0.25) is 0 Å². The fraction of sp³-hybridized carbons (Fsp3) is 0.412. The van der Waals surface area contributed by atoms with Crippen LogP contribution in [0.1, 0.15) is 33.4 Å². The van der Waals surface area contributed by atoms with Crippen molar-refractivity contribution >= 4 is 0 Å². The normalized spacial score (nSPS) is 11.4. The van der Waals surface area contributed by atoms with Gasteiger partial charge < -0.3 is 10.1 Å². The lowest BCUT2D eigenvalue weighted by Gasteiger charge is -2.20. The van der Waals surface area contributed by atoms with Crippen LogP contribution in [0.5, 0.6) is 5.75 Å². The van der Waals surface area contributed by atoms with Gasteiger partial charge in [0.05, 0.1) is 12.3 Å². The molecule has 1 N–H and O–H groups in total. The van der Waals surface area contributed by atoms with Crippen LogP contribution in [0.3, 0.4) is 0 Å². The van der Waals surface area contributed by atoms with E-state index in [1.54, 1.807) is 6.20 Å². The Balaban J connectivity index is 2.18. The topological polar surface area (TPSA) is 47.0 Å². The lowest BCUT2D eigenvalue weighted by molar-refractivity contribution is 0.340. The molecule has 4 nitrogen and oxygen atoms in total. The minimum atomic E-state index is 0.0694. The van der Waals surface area contributed by atoms with E-state index in [1.807, 2.05) is 37.3 Å². The predicted octanol–water partition coefficient (Wildman–Crippen LogP) is 3.43. The zero-order valence-electron chi connectivity index (χ0n) is 13.2. The molecule has 0 spiro atoms. The van der Waals surface area contributed by atoms with Crippen LogP contribution in [0.15, 0.2) is 36.5 Å². The van der Waals surface area contributed by atoms with E-state index in [0.29, 0.717) is 6.61 Å². The smallest absolute Gasteiger partial charge is 0.159 e. The van der Waals surface area contributed by atoms with Gasteiger partial charge in [-0.05, 0) is 45.9 Å². The number of hydrogen-bond acceptors (Lipinski definition) is 4. The van der Waals surface area contributed by atoms with E-state index in [9.17, 15) is 0 Å². The van der Waals surface area contributed by atoms with Crippen LogP contribution in [0.2, 0.25) is 0 Å². The first-order valence-electron chi connectivity index (χ1n) is 7.28. The van der Waals surface area contributed by atoms with E-state index in [0.717, 1.165) is 29.4 Å². The third-order valence-electron chi connectivity index (χ3n) is 2.92. The average Bonchev–Trinajstić information content (AvgIpc) is 2.45. The highest BCUT2D eigenvalue weighted by Gasteiger charge is 2.10. The van der Waals surface area contributed by atoms with Gasteiger partial charge in [-0.15, -0.1) is 0 Å². The highest BCUT2D eigenvalue weighted by atomic mass is 16.5. The zero-order valence-corrected chi connectivity index (χ0v) is 13.2. The maximum Gasteiger partial charge on any atom is 0.159 e. The van der Waals surface area contributed by atoms with Gasteiger partial charge in [0.25, 0.3) is 0 Å². The van der Waals surface area contributed by atoms with Crippen LogP contribution >= 0.6 is 0 Å². The predicted molar refractivity (Wildman–Crippen MR) is 85.2 cm³/mol. The second-order valence-corrected chi connectivity index (χ2v) is 5.94. The van der Waals surface area contributed by atoms with Crippen LogP contribution in [0.25, 0.3) is 11.4 Å². The molecule has 0 saturated heterocycles. The minimum absolute atomic E-state index is 0.0694. The van der Waals surface area contributed by atoms with Crippen LogP contribution in [-0.2, 0) is 6.54 Å². The number of ether oxygens (including phenoxy) is 1. The van der Waals surface area contributed by atoms with Gasteiger partial charge in [0.1, 0.15) is 5.75 Å². The molecule has 0 unspecified atom stereocenters. The van der Waals surface area contributed by atoms with E-state index in [4.69, 9.17) is 4.74 Å². The molecule has 0 aliphatic carbocycles. The lowest BCUT2D eigenvalue weighted by atomic mass is 10.1. The zero-order chi connectivity index (χ0) is 15.3. The Morgan fingerprint density at radius 2 is 2.00 bits per heavy atom. The Bertz CT molecular complexity index is 591. The third-order valence-corrected chi connectivity index (χ3v) is 2.92. The van der Waals surface area contributed by atoms with Crippen molar-refractivity contribution in [3.63, 3.8) is 0 Å². The largest absolute Gasteiger partial charge is 0.494 e.